The van der Waals surface area contributed by atoms with Gasteiger partial charge in [-0.2, -0.15) is 0 Å². The number of aryl methyl sites for hydroxylation is 1. The van der Waals surface area contributed by atoms with E-state index in [9.17, 15) is 14.7 Å². The molecule has 35 heavy (non-hydrogen) atoms. The van der Waals surface area contributed by atoms with Gasteiger partial charge in [0.15, 0.2) is 0 Å². The molecule has 2 N–H and O–H groups in total. The van der Waals surface area contributed by atoms with E-state index in [-0.39, 0.29) is 6.42 Å². The van der Waals surface area contributed by atoms with E-state index in [0.29, 0.717) is 5.56 Å². The van der Waals surface area contributed by atoms with Crippen molar-refractivity contribution in [2.24, 2.45) is 0 Å². The van der Waals surface area contributed by atoms with Crippen molar-refractivity contribution in [2.45, 2.75) is 150 Å². The van der Waals surface area contributed by atoms with E-state index in [2.05, 4.69) is 20.8 Å². The standard InChI is InChI=1S/C24H38O4.C7H16/c1-4-5-6-7-8-9-10-11-12-13-14-20-19(3)18(2)15-16-21(20)22(24(27)28)17-23(25)26;1-3-5-7-6-4-2/h15-16,22H,4-14,17H2,1-3H3,(H,25,26)(H,27,28);3-7H2,1-2H3. The first kappa shape index (κ1) is 33.2. The van der Waals surface area contributed by atoms with Crippen molar-refractivity contribution >= 4 is 11.9 Å². The molecule has 0 aliphatic heterocycles. The smallest absolute Gasteiger partial charge is 0.311 e. The number of benzene rings is 1. The molecule has 0 heterocycles. The van der Waals surface area contributed by atoms with Crippen LogP contribution in [0.2, 0.25) is 0 Å². The van der Waals surface area contributed by atoms with Gasteiger partial charge in [-0.05, 0) is 48.9 Å². The van der Waals surface area contributed by atoms with Crippen molar-refractivity contribution in [3.05, 3.63) is 34.4 Å². The fraction of sp³-hybridized carbons (Fsp3) is 0.742. The first-order valence-electron chi connectivity index (χ1n) is 14.3. The maximum absolute atomic E-state index is 11.7. The monoisotopic (exact) mass is 490 g/mol. The summed E-state index contributed by atoms with van der Waals surface area (Å²) in [6, 6.07) is 3.72. The zero-order valence-corrected chi connectivity index (χ0v) is 23.5. The van der Waals surface area contributed by atoms with Gasteiger partial charge in [0.25, 0.3) is 0 Å². The summed E-state index contributed by atoms with van der Waals surface area (Å²) in [6.07, 6.45) is 20.1. The van der Waals surface area contributed by atoms with Crippen LogP contribution in [-0.4, -0.2) is 22.2 Å². The molecule has 0 amide bonds. The van der Waals surface area contributed by atoms with Crippen LogP contribution >= 0.6 is 0 Å². The molecule has 0 spiro atoms. The van der Waals surface area contributed by atoms with Gasteiger partial charge in [0, 0.05) is 0 Å². The van der Waals surface area contributed by atoms with E-state index < -0.39 is 17.9 Å². The molecule has 1 unspecified atom stereocenters. The summed E-state index contributed by atoms with van der Waals surface area (Å²) in [7, 11) is 0. The minimum atomic E-state index is -1.07. The van der Waals surface area contributed by atoms with Gasteiger partial charge in [-0.3, -0.25) is 9.59 Å². The normalized spacial score (nSPS) is 11.6. The number of carboxylic acids is 2. The van der Waals surface area contributed by atoms with Gasteiger partial charge < -0.3 is 10.2 Å². The lowest BCUT2D eigenvalue weighted by Gasteiger charge is -2.19. The lowest BCUT2D eigenvalue weighted by molar-refractivity contribution is -0.145. The maximum Gasteiger partial charge on any atom is 0.311 e. The predicted molar refractivity (Wildman–Crippen MR) is 149 cm³/mol. The summed E-state index contributed by atoms with van der Waals surface area (Å²) in [5.41, 5.74) is 3.94. The molecule has 4 heteroatoms. The molecule has 0 radical (unpaired) electrons. The largest absolute Gasteiger partial charge is 0.481 e. The zero-order valence-electron chi connectivity index (χ0n) is 23.5. The van der Waals surface area contributed by atoms with Crippen LogP contribution < -0.4 is 0 Å². The minimum Gasteiger partial charge on any atom is -0.481 e. The van der Waals surface area contributed by atoms with Gasteiger partial charge in [-0.15, -0.1) is 0 Å². The number of hydrogen-bond donors (Lipinski definition) is 2. The second-order valence-electron chi connectivity index (χ2n) is 10.1. The third-order valence-electron chi connectivity index (χ3n) is 6.95. The topological polar surface area (TPSA) is 74.6 Å². The average molecular weight is 491 g/mol. The summed E-state index contributed by atoms with van der Waals surface area (Å²) in [5.74, 6) is -3.11. The van der Waals surface area contributed by atoms with Gasteiger partial charge in [0.2, 0.25) is 0 Å². The third kappa shape index (κ3) is 15.7. The van der Waals surface area contributed by atoms with E-state index in [1.165, 1.54) is 83.5 Å². The molecule has 1 rings (SSSR count). The van der Waals surface area contributed by atoms with Crippen molar-refractivity contribution in [1.82, 2.24) is 0 Å². The van der Waals surface area contributed by atoms with E-state index in [4.69, 9.17) is 5.11 Å². The van der Waals surface area contributed by atoms with E-state index in [1.54, 1.807) is 0 Å². The highest BCUT2D eigenvalue weighted by Crippen LogP contribution is 2.29. The van der Waals surface area contributed by atoms with Crippen molar-refractivity contribution in [2.75, 3.05) is 0 Å². The van der Waals surface area contributed by atoms with E-state index in [1.807, 2.05) is 26.0 Å². The number of hydrogen-bond acceptors (Lipinski definition) is 2. The molecule has 1 atom stereocenters. The number of carbonyl (C=O) groups is 2. The summed E-state index contributed by atoms with van der Waals surface area (Å²) < 4.78 is 0. The highest BCUT2D eigenvalue weighted by atomic mass is 16.4. The molecular formula is C31H54O4. The molecule has 1 aromatic carbocycles. The lowest BCUT2D eigenvalue weighted by Crippen LogP contribution is -2.18. The van der Waals surface area contributed by atoms with Crippen LogP contribution in [0.15, 0.2) is 12.1 Å². The number of rotatable bonds is 19. The lowest BCUT2D eigenvalue weighted by atomic mass is 9.85. The van der Waals surface area contributed by atoms with Crippen LogP contribution in [0.3, 0.4) is 0 Å². The van der Waals surface area contributed by atoms with Crippen LogP contribution in [0.4, 0.5) is 0 Å². The minimum absolute atomic E-state index is 0.372. The quantitative estimate of drug-likeness (QED) is 0.189. The van der Waals surface area contributed by atoms with Crippen molar-refractivity contribution < 1.29 is 19.8 Å². The Hall–Kier alpha value is -1.84. The van der Waals surface area contributed by atoms with E-state index >= 15 is 0 Å². The van der Waals surface area contributed by atoms with Crippen molar-refractivity contribution in [1.29, 1.82) is 0 Å². The van der Waals surface area contributed by atoms with Gasteiger partial charge >= 0.3 is 11.9 Å². The Balaban J connectivity index is 0.00000143. The molecule has 0 aliphatic carbocycles. The summed E-state index contributed by atoms with van der Waals surface area (Å²) in [4.78, 5) is 22.8. The van der Waals surface area contributed by atoms with Crippen LogP contribution in [-0.2, 0) is 16.0 Å². The molecule has 0 saturated carbocycles. The van der Waals surface area contributed by atoms with Crippen LogP contribution in [0.25, 0.3) is 0 Å². The van der Waals surface area contributed by atoms with Crippen molar-refractivity contribution in [3.63, 3.8) is 0 Å². The first-order valence-corrected chi connectivity index (χ1v) is 14.3. The van der Waals surface area contributed by atoms with Crippen LogP contribution in [0.1, 0.15) is 152 Å². The first-order chi connectivity index (χ1) is 16.8. The fourth-order valence-corrected chi connectivity index (χ4v) is 4.52. The third-order valence-corrected chi connectivity index (χ3v) is 6.95. The Morgan fingerprint density at radius 1 is 0.686 bits per heavy atom. The van der Waals surface area contributed by atoms with Crippen LogP contribution in [0, 0.1) is 13.8 Å². The summed E-state index contributed by atoms with van der Waals surface area (Å²) >= 11 is 0. The Labute approximate surface area is 215 Å². The second-order valence-corrected chi connectivity index (χ2v) is 10.1. The second kappa shape index (κ2) is 21.4. The molecule has 202 valence electrons. The van der Waals surface area contributed by atoms with Gasteiger partial charge in [0.05, 0.1) is 12.3 Å². The SMILES string of the molecule is CCCCCCC.CCCCCCCCCCCCc1c(C(CC(=O)O)C(=O)O)ccc(C)c1C. The fourth-order valence-electron chi connectivity index (χ4n) is 4.52. The molecule has 0 bridgehead atoms. The molecule has 0 saturated heterocycles. The van der Waals surface area contributed by atoms with E-state index in [0.717, 1.165) is 36.0 Å². The maximum atomic E-state index is 11.7. The van der Waals surface area contributed by atoms with Crippen LogP contribution in [0.5, 0.6) is 0 Å². The van der Waals surface area contributed by atoms with Gasteiger partial charge in [-0.1, -0.05) is 123 Å². The Kier molecular flexibility index (Phi) is 20.3. The Bertz CT molecular complexity index is 691. The molecule has 0 fully saturated rings. The number of carboxylic acid groups (broad SMARTS) is 2. The number of aliphatic carboxylic acids is 2. The zero-order chi connectivity index (χ0) is 26.5. The highest BCUT2D eigenvalue weighted by Gasteiger charge is 2.26. The highest BCUT2D eigenvalue weighted by molar-refractivity contribution is 5.83. The summed E-state index contributed by atoms with van der Waals surface area (Å²) in [6.45, 7) is 10.8. The predicted octanol–water partition coefficient (Wildman–Crippen LogP) is 9.39. The molecule has 0 aromatic heterocycles. The van der Waals surface area contributed by atoms with Gasteiger partial charge in [-0.25, -0.2) is 0 Å². The molecule has 4 nitrogen and oxygen atoms in total. The van der Waals surface area contributed by atoms with Gasteiger partial charge in [0.1, 0.15) is 0 Å². The Morgan fingerprint density at radius 3 is 1.54 bits per heavy atom. The summed E-state index contributed by atoms with van der Waals surface area (Å²) in [5, 5.41) is 18.7. The molecular weight excluding hydrogens is 436 g/mol. The Morgan fingerprint density at radius 2 is 1.11 bits per heavy atom. The average Bonchev–Trinajstić information content (AvgIpc) is 2.82. The number of unbranched alkanes of at least 4 members (excludes halogenated alkanes) is 13. The molecule has 1 aromatic rings. The molecule has 0 aliphatic rings. The van der Waals surface area contributed by atoms with Crippen molar-refractivity contribution in [3.8, 4) is 0 Å².